The summed E-state index contributed by atoms with van der Waals surface area (Å²) in [6.45, 7) is 8.44. The lowest BCUT2D eigenvalue weighted by Gasteiger charge is -2.22. The summed E-state index contributed by atoms with van der Waals surface area (Å²) in [6.07, 6.45) is 1.89. The third-order valence-electron chi connectivity index (χ3n) is 4.55. The highest BCUT2D eigenvalue weighted by Crippen LogP contribution is 2.40. The van der Waals surface area contributed by atoms with Crippen molar-refractivity contribution >= 4 is 16.9 Å². The van der Waals surface area contributed by atoms with Crippen molar-refractivity contribution in [3.05, 3.63) is 64.2 Å². The van der Waals surface area contributed by atoms with E-state index in [9.17, 15) is 4.79 Å². The van der Waals surface area contributed by atoms with Gasteiger partial charge < -0.3 is 4.74 Å². The first-order chi connectivity index (χ1) is 11.4. The van der Waals surface area contributed by atoms with Crippen LogP contribution in [-0.2, 0) is 17.6 Å². The van der Waals surface area contributed by atoms with Gasteiger partial charge in [-0.05, 0) is 62.8 Å². The van der Waals surface area contributed by atoms with Gasteiger partial charge in [0.25, 0.3) is 0 Å². The van der Waals surface area contributed by atoms with E-state index in [2.05, 4.69) is 50.2 Å². The minimum Gasteiger partial charge on any atom is -0.484 e. The number of carbonyl (C=O) groups is 1. The molecule has 2 aromatic carbocycles. The Balaban J connectivity index is 1.61. The van der Waals surface area contributed by atoms with Crippen LogP contribution in [0.3, 0.4) is 0 Å². The quantitative estimate of drug-likeness (QED) is 0.799. The normalized spacial score (nSPS) is 15.2. The zero-order chi connectivity index (χ0) is 17.3. The lowest BCUT2D eigenvalue weighted by Crippen LogP contribution is -2.25. The molecule has 24 heavy (non-hydrogen) atoms. The van der Waals surface area contributed by atoms with Crippen molar-refractivity contribution < 1.29 is 9.53 Å². The molecule has 1 aliphatic carbocycles. The Kier molecular flexibility index (Phi) is 4.73. The second kappa shape index (κ2) is 6.64. The fraction of sp³-hybridized carbons (Fsp3) is 0.381. The van der Waals surface area contributed by atoms with Crippen LogP contribution < -0.4 is 4.74 Å². The number of ether oxygens (including phenoxy) is 1. The maximum absolute atomic E-state index is 12.5. The van der Waals surface area contributed by atoms with Crippen molar-refractivity contribution in [2.24, 2.45) is 0 Å². The molecule has 0 saturated carbocycles. The molecule has 2 aromatic rings. The van der Waals surface area contributed by atoms with Gasteiger partial charge in [0, 0.05) is 4.75 Å². The highest BCUT2D eigenvalue weighted by molar-refractivity contribution is 8.14. The van der Waals surface area contributed by atoms with E-state index >= 15 is 0 Å². The largest absolute Gasteiger partial charge is 0.484 e. The molecule has 2 nitrogen and oxygen atoms in total. The van der Waals surface area contributed by atoms with E-state index in [0.29, 0.717) is 0 Å². The predicted octanol–water partition coefficient (Wildman–Crippen LogP) is 4.81. The Hall–Kier alpha value is -1.74. The molecule has 0 heterocycles. The van der Waals surface area contributed by atoms with Gasteiger partial charge in [0.2, 0.25) is 5.12 Å². The fourth-order valence-electron chi connectivity index (χ4n) is 3.67. The number of rotatable bonds is 4. The number of thioether (sulfide) groups is 1. The standard InChI is InChI=1S/C21H24O2S/c1-14-9-15(2)20(16(3)10-14)23-13-19(22)24-21(4)11-17-7-5-6-8-18(17)12-21/h5-10H,11-13H2,1-4H3. The molecular formula is C21H24O2S. The van der Waals surface area contributed by atoms with Gasteiger partial charge in [-0.2, -0.15) is 0 Å². The maximum Gasteiger partial charge on any atom is 0.226 e. The van der Waals surface area contributed by atoms with Gasteiger partial charge in [-0.1, -0.05) is 53.7 Å². The zero-order valence-electron chi connectivity index (χ0n) is 14.8. The Bertz CT molecular complexity index is 731. The van der Waals surface area contributed by atoms with Gasteiger partial charge in [-0.15, -0.1) is 0 Å². The Morgan fingerprint density at radius 3 is 2.17 bits per heavy atom. The van der Waals surface area contributed by atoms with Crippen molar-refractivity contribution in [2.75, 3.05) is 6.61 Å². The molecule has 126 valence electrons. The molecule has 0 fully saturated rings. The second-order valence-corrected chi connectivity index (χ2v) is 8.71. The number of fused-ring (bicyclic) bond motifs is 1. The number of hydrogen-bond acceptors (Lipinski definition) is 3. The molecule has 0 atom stereocenters. The summed E-state index contributed by atoms with van der Waals surface area (Å²) in [5.74, 6) is 0.842. The average Bonchev–Trinajstić information content (AvgIpc) is 2.81. The molecule has 0 amide bonds. The summed E-state index contributed by atoms with van der Waals surface area (Å²) in [4.78, 5) is 12.5. The minimum atomic E-state index is -0.0541. The van der Waals surface area contributed by atoms with Crippen LogP contribution in [0.2, 0.25) is 0 Å². The molecular weight excluding hydrogens is 316 g/mol. The summed E-state index contributed by atoms with van der Waals surface area (Å²) < 4.78 is 5.79. The zero-order valence-corrected chi connectivity index (χ0v) is 15.6. The molecule has 0 aliphatic heterocycles. The SMILES string of the molecule is Cc1cc(C)c(OCC(=O)SC2(C)Cc3ccccc3C2)c(C)c1. The summed E-state index contributed by atoms with van der Waals surface area (Å²) in [5, 5.41) is 0.102. The van der Waals surface area contributed by atoms with Crippen molar-refractivity contribution in [3.63, 3.8) is 0 Å². The van der Waals surface area contributed by atoms with Gasteiger partial charge in [0.15, 0.2) is 6.61 Å². The molecule has 1 aliphatic rings. The topological polar surface area (TPSA) is 26.3 Å². The maximum atomic E-state index is 12.5. The number of aryl methyl sites for hydroxylation is 3. The average molecular weight is 340 g/mol. The molecule has 0 saturated heterocycles. The first-order valence-corrected chi connectivity index (χ1v) is 9.17. The predicted molar refractivity (Wildman–Crippen MR) is 101 cm³/mol. The van der Waals surface area contributed by atoms with Crippen LogP contribution in [0.25, 0.3) is 0 Å². The van der Waals surface area contributed by atoms with E-state index in [1.54, 1.807) is 0 Å². The van der Waals surface area contributed by atoms with Gasteiger partial charge >= 0.3 is 0 Å². The molecule has 3 rings (SSSR count). The lowest BCUT2D eigenvalue weighted by atomic mass is 10.1. The first kappa shape index (κ1) is 17.1. The molecule has 0 radical (unpaired) electrons. The van der Waals surface area contributed by atoms with Crippen LogP contribution in [0.5, 0.6) is 5.75 Å². The summed E-state index contributed by atoms with van der Waals surface area (Å²) in [5.41, 5.74) is 6.13. The van der Waals surface area contributed by atoms with Crippen LogP contribution in [0.4, 0.5) is 0 Å². The van der Waals surface area contributed by atoms with Crippen LogP contribution in [-0.4, -0.2) is 16.5 Å². The summed E-state index contributed by atoms with van der Waals surface area (Å²) in [6, 6.07) is 12.7. The Morgan fingerprint density at radius 2 is 1.62 bits per heavy atom. The van der Waals surface area contributed by atoms with Crippen LogP contribution in [0, 0.1) is 20.8 Å². The first-order valence-electron chi connectivity index (χ1n) is 8.35. The summed E-state index contributed by atoms with van der Waals surface area (Å²) >= 11 is 1.44. The number of benzene rings is 2. The second-order valence-electron chi connectivity index (χ2n) is 7.06. The van der Waals surface area contributed by atoms with Crippen molar-refractivity contribution in [1.82, 2.24) is 0 Å². The van der Waals surface area contributed by atoms with Gasteiger partial charge in [0.1, 0.15) is 5.75 Å². The fourth-order valence-corrected chi connectivity index (χ4v) is 4.80. The van der Waals surface area contributed by atoms with Crippen molar-refractivity contribution in [1.29, 1.82) is 0 Å². The van der Waals surface area contributed by atoms with Crippen LogP contribution in [0.15, 0.2) is 36.4 Å². The third-order valence-corrected chi connectivity index (χ3v) is 5.67. The van der Waals surface area contributed by atoms with E-state index < -0.39 is 0 Å². The van der Waals surface area contributed by atoms with E-state index in [1.165, 1.54) is 28.5 Å². The third kappa shape index (κ3) is 3.67. The van der Waals surface area contributed by atoms with Gasteiger partial charge in [-0.3, -0.25) is 4.79 Å². The lowest BCUT2D eigenvalue weighted by molar-refractivity contribution is -0.112. The van der Waals surface area contributed by atoms with E-state index in [-0.39, 0.29) is 16.5 Å². The Labute approximate surface area is 148 Å². The number of hydrogen-bond donors (Lipinski definition) is 0. The molecule has 0 bridgehead atoms. The van der Waals surface area contributed by atoms with Crippen molar-refractivity contribution in [3.8, 4) is 5.75 Å². The molecule has 0 aromatic heterocycles. The van der Waals surface area contributed by atoms with Crippen LogP contribution in [0.1, 0.15) is 34.7 Å². The molecule has 0 unspecified atom stereocenters. The highest BCUT2D eigenvalue weighted by Gasteiger charge is 2.35. The smallest absolute Gasteiger partial charge is 0.226 e. The number of carbonyl (C=O) groups excluding carboxylic acids is 1. The van der Waals surface area contributed by atoms with Gasteiger partial charge in [0.05, 0.1) is 0 Å². The minimum absolute atomic E-state index is 0.0541. The van der Waals surface area contributed by atoms with Gasteiger partial charge in [-0.25, -0.2) is 0 Å². The van der Waals surface area contributed by atoms with E-state index in [4.69, 9.17) is 4.74 Å². The Morgan fingerprint density at radius 1 is 1.08 bits per heavy atom. The summed E-state index contributed by atoms with van der Waals surface area (Å²) in [7, 11) is 0. The van der Waals surface area contributed by atoms with Crippen molar-refractivity contribution in [2.45, 2.75) is 45.3 Å². The molecule has 0 spiro atoms. The van der Waals surface area contributed by atoms with E-state index in [0.717, 1.165) is 29.7 Å². The molecule has 0 N–H and O–H groups in total. The monoisotopic (exact) mass is 340 g/mol. The van der Waals surface area contributed by atoms with E-state index in [1.807, 2.05) is 13.8 Å². The molecule has 3 heteroatoms. The van der Waals surface area contributed by atoms with Crippen LogP contribution >= 0.6 is 11.8 Å². The highest BCUT2D eigenvalue weighted by atomic mass is 32.2.